The number of carboxylic acids is 1. The average molecular weight is 773 g/mol. The quantitative estimate of drug-likeness (QED) is 0.0493. The van der Waals surface area contributed by atoms with Crippen molar-refractivity contribution in [3.05, 3.63) is 90.1 Å². The molecule has 1 aromatic heterocycles. The first kappa shape index (κ1) is 43.6. The maximum atomic E-state index is 12.9. The van der Waals surface area contributed by atoms with Crippen molar-refractivity contribution in [1.29, 1.82) is 0 Å². The molecule has 0 saturated heterocycles. The van der Waals surface area contributed by atoms with E-state index in [2.05, 4.69) is 27.9 Å². The molecule has 0 aliphatic rings. The SMILES string of the molecule is CCCCOCCOCCOCCOCCOc1ccc(-c2cccc([C@H](CC(=O)O)NC(=O)CNC(=O)CCCNc3cc(C)ccn3)c2)c2ccccc12. The molecular formula is C43H56N4O9. The molecule has 0 fully saturated rings. The van der Waals surface area contributed by atoms with Gasteiger partial charge in [0.25, 0.3) is 0 Å². The Hall–Kier alpha value is -5.08. The molecule has 13 nitrogen and oxygen atoms in total. The molecule has 2 amide bonds. The van der Waals surface area contributed by atoms with Crippen LogP contribution in [0, 0.1) is 6.92 Å². The van der Waals surface area contributed by atoms with Gasteiger partial charge in [0.05, 0.1) is 65.3 Å². The van der Waals surface area contributed by atoms with Gasteiger partial charge in [-0.25, -0.2) is 4.98 Å². The van der Waals surface area contributed by atoms with Crippen molar-refractivity contribution in [2.45, 2.75) is 52.0 Å². The summed E-state index contributed by atoms with van der Waals surface area (Å²) in [6.45, 7) is 9.02. The molecule has 1 atom stereocenters. The van der Waals surface area contributed by atoms with Gasteiger partial charge in [-0.1, -0.05) is 61.9 Å². The molecule has 0 radical (unpaired) electrons. The number of aliphatic carboxylic acids is 1. The van der Waals surface area contributed by atoms with E-state index in [-0.39, 0.29) is 25.3 Å². The number of hydrogen-bond donors (Lipinski definition) is 4. The van der Waals surface area contributed by atoms with Crippen molar-refractivity contribution < 1.29 is 43.2 Å². The van der Waals surface area contributed by atoms with Gasteiger partial charge in [-0.05, 0) is 71.7 Å². The Morgan fingerprint density at radius 3 is 2.14 bits per heavy atom. The number of ether oxygens (including phenoxy) is 5. The molecule has 56 heavy (non-hydrogen) atoms. The molecule has 4 aromatic rings. The first-order valence-electron chi connectivity index (χ1n) is 19.3. The minimum atomic E-state index is -1.06. The van der Waals surface area contributed by atoms with Crippen molar-refractivity contribution in [2.24, 2.45) is 0 Å². The number of amides is 2. The molecule has 13 heteroatoms. The van der Waals surface area contributed by atoms with E-state index in [0.717, 1.165) is 52.7 Å². The number of nitrogens with zero attached hydrogens (tertiary/aromatic N) is 1. The molecule has 302 valence electrons. The Labute approximate surface area is 329 Å². The molecule has 0 saturated carbocycles. The third kappa shape index (κ3) is 16.0. The predicted octanol–water partition coefficient (Wildman–Crippen LogP) is 6.10. The minimum absolute atomic E-state index is 0.223. The summed E-state index contributed by atoms with van der Waals surface area (Å²) in [4.78, 5) is 41.4. The van der Waals surface area contributed by atoms with E-state index in [1.165, 1.54) is 0 Å². The normalized spacial score (nSPS) is 11.6. The third-order valence-corrected chi connectivity index (χ3v) is 8.69. The molecule has 4 rings (SSSR count). The fourth-order valence-corrected chi connectivity index (χ4v) is 5.83. The van der Waals surface area contributed by atoms with E-state index in [0.29, 0.717) is 77.1 Å². The van der Waals surface area contributed by atoms with Crippen LogP contribution in [-0.4, -0.2) is 100 Å². The number of rotatable bonds is 28. The summed E-state index contributed by atoms with van der Waals surface area (Å²) < 4.78 is 28.3. The van der Waals surface area contributed by atoms with E-state index < -0.39 is 17.9 Å². The average Bonchev–Trinajstić information content (AvgIpc) is 3.20. The molecule has 0 spiro atoms. The van der Waals surface area contributed by atoms with Gasteiger partial charge in [0.2, 0.25) is 11.8 Å². The zero-order valence-corrected chi connectivity index (χ0v) is 32.6. The number of pyridine rings is 1. The van der Waals surface area contributed by atoms with Crippen molar-refractivity contribution in [3.8, 4) is 16.9 Å². The highest BCUT2D eigenvalue weighted by Gasteiger charge is 2.20. The number of unbranched alkanes of at least 4 members (excludes halogenated alkanes) is 1. The fraction of sp³-hybridized carbons (Fsp3) is 0.442. The lowest BCUT2D eigenvalue weighted by Crippen LogP contribution is -2.39. The number of fused-ring (bicyclic) bond motifs is 1. The molecular weight excluding hydrogens is 716 g/mol. The Bertz CT molecular complexity index is 1800. The molecule has 0 aliphatic carbocycles. The van der Waals surface area contributed by atoms with E-state index in [1.54, 1.807) is 12.3 Å². The molecule has 4 N–H and O–H groups in total. The molecule has 3 aromatic carbocycles. The second-order valence-corrected chi connectivity index (χ2v) is 13.2. The number of carbonyl (C=O) groups is 3. The van der Waals surface area contributed by atoms with Gasteiger partial charge in [0, 0.05) is 31.2 Å². The molecule has 0 aliphatic heterocycles. The second kappa shape index (κ2) is 25.2. The third-order valence-electron chi connectivity index (χ3n) is 8.69. The van der Waals surface area contributed by atoms with Crippen LogP contribution in [0.25, 0.3) is 21.9 Å². The number of carboxylic acid groups (broad SMARTS) is 1. The zero-order valence-electron chi connectivity index (χ0n) is 32.6. The number of benzene rings is 3. The number of nitrogens with one attached hydrogen (secondary N) is 3. The summed E-state index contributed by atoms with van der Waals surface area (Å²) >= 11 is 0. The van der Waals surface area contributed by atoms with Crippen LogP contribution in [0.15, 0.2) is 79.0 Å². The van der Waals surface area contributed by atoms with Gasteiger partial charge >= 0.3 is 5.97 Å². The van der Waals surface area contributed by atoms with Gasteiger partial charge in [-0.15, -0.1) is 0 Å². The van der Waals surface area contributed by atoms with Crippen LogP contribution >= 0.6 is 0 Å². The number of anilines is 1. The Balaban J connectivity index is 1.24. The summed E-state index contributed by atoms with van der Waals surface area (Å²) in [7, 11) is 0. The largest absolute Gasteiger partial charge is 0.491 e. The number of carbonyl (C=O) groups excluding carboxylic acids is 2. The molecule has 0 bridgehead atoms. The molecule has 0 unspecified atom stereocenters. The van der Waals surface area contributed by atoms with Gasteiger partial charge in [-0.2, -0.15) is 0 Å². The van der Waals surface area contributed by atoms with Crippen molar-refractivity contribution in [1.82, 2.24) is 15.6 Å². The lowest BCUT2D eigenvalue weighted by atomic mass is 9.94. The minimum Gasteiger partial charge on any atom is -0.491 e. The van der Waals surface area contributed by atoms with Crippen LogP contribution in [0.5, 0.6) is 5.75 Å². The number of aromatic nitrogens is 1. The van der Waals surface area contributed by atoms with Gasteiger partial charge in [-0.3, -0.25) is 14.4 Å². The molecule has 1 heterocycles. The Morgan fingerprint density at radius 2 is 1.45 bits per heavy atom. The first-order chi connectivity index (χ1) is 27.3. The number of hydrogen-bond acceptors (Lipinski definition) is 10. The smallest absolute Gasteiger partial charge is 0.305 e. The van der Waals surface area contributed by atoms with Crippen LogP contribution in [0.3, 0.4) is 0 Å². The highest BCUT2D eigenvalue weighted by atomic mass is 16.6. The van der Waals surface area contributed by atoms with Crippen LogP contribution in [-0.2, 0) is 33.3 Å². The van der Waals surface area contributed by atoms with Crippen molar-refractivity contribution >= 4 is 34.4 Å². The first-order valence-corrected chi connectivity index (χ1v) is 19.3. The monoisotopic (exact) mass is 772 g/mol. The maximum Gasteiger partial charge on any atom is 0.305 e. The topological polar surface area (TPSA) is 167 Å². The van der Waals surface area contributed by atoms with E-state index >= 15 is 0 Å². The van der Waals surface area contributed by atoms with Crippen LogP contribution in [0.1, 0.15) is 56.2 Å². The fourth-order valence-electron chi connectivity index (χ4n) is 5.83. The Morgan fingerprint density at radius 1 is 0.750 bits per heavy atom. The number of aryl methyl sites for hydroxylation is 1. The Kier molecular flexibility index (Phi) is 19.6. The predicted molar refractivity (Wildman–Crippen MR) is 216 cm³/mol. The van der Waals surface area contributed by atoms with Crippen molar-refractivity contribution in [2.75, 3.05) is 77.9 Å². The summed E-state index contributed by atoms with van der Waals surface area (Å²) in [5.41, 5.74) is 3.50. The van der Waals surface area contributed by atoms with Crippen molar-refractivity contribution in [3.63, 3.8) is 0 Å². The second-order valence-electron chi connectivity index (χ2n) is 13.2. The van der Waals surface area contributed by atoms with Gasteiger partial charge in [0.15, 0.2) is 0 Å². The van der Waals surface area contributed by atoms with Gasteiger partial charge < -0.3 is 44.7 Å². The van der Waals surface area contributed by atoms with E-state index in [9.17, 15) is 19.5 Å². The summed E-state index contributed by atoms with van der Waals surface area (Å²) in [5, 5.41) is 20.2. The van der Waals surface area contributed by atoms with Crippen LogP contribution in [0.2, 0.25) is 0 Å². The summed E-state index contributed by atoms with van der Waals surface area (Å²) in [6.07, 6.45) is 4.36. The lowest BCUT2D eigenvalue weighted by molar-refractivity contribution is -0.138. The lowest BCUT2D eigenvalue weighted by Gasteiger charge is -2.19. The zero-order chi connectivity index (χ0) is 39.8. The maximum absolute atomic E-state index is 12.9. The highest BCUT2D eigenvalue weighted by Crippen LogP contribution is 2.35. The summed E-state index contributed by atoms with van der Waals surface area (Å²) in [5.74, 6) is -0.360. The summed E-state index contributed by atoms with van der Waals surface area (Å²) in [6, 6.07) is 22.3. The standard InChI is InChI=1S/C43H56N4O9/c1-3-4-19-52-20-21-53-22-23-54-24-25-55-26-27-56-39-15-14-35(36-11-5-6-12-37(36)39)33-9-7-10-34(29-33)38(30-43(50)51)47-42(49)31-46-41(48)13-8-17-44-40-28-32(2)16-18-45-40/h5-7,9-12,14-16,18,28-29,38H,3-4,8,13,17,19-27,30-31H2,1-2H3,(H,44,45)(H,46,48)(H,47,49)(H,50,51)/t38-/m0/s1. The van der Waals surface area contributed by atoms with Gasteiger partial charge in [0.1, 0.15) is 18.2 Å². The van der Waals surface area contributed by atoms with E-state index in [4.69, 9.17) is 23.7 Å². The van der Waals surface area contributed by atoms with Crippen LogP contribution < -0.4 is 20.7 Å². The highest BCUT2D eigenvalue weighted by molar-refractivity contribution is 6.00. The van der Waals surface area contributed by atoms with Crippen LogP contribution in [0.4, 0.5) is 5.82 Å². The van der Waals surface area contributed by atoms with E-state index in [1.807, 2.05) is 73.7 Å².